The van der Waals surface area contributed by atoms with Crippen molar-refractivity contribution in [3.8, 4) is 11.5 Å². The van der Waals surface area contributed by atoms with Gasteiger partial charge in [-0.1, -0.05) is 23.8 Å². The Labute approximate surface area is 129 Å². The second-order valence-electron chi connectivity index (χ2n) is 4.62. The summed E-state index contributed by atoms with van der Waals surface area (Å²) in [4.78, 5) is 14.1. The van der Waals surface area contributed by atoms with Gasteiger partial charge in [0.25, 0.3) is 5.91 Å². The van der Waals surface area contributed by atoms with E-state index in [-0.39, 0.29) is 5.91 Å². The molecule has 4 nitrogen and oxygen atoms in total. The molecule has 1 aliphatic rings. The summed E-state index contributed by atoms with van der Waals surface area (Å²) >= 11 is 6.21. The van der Waals surface area contributed by atoms with E-state index in [0.29, 0.717) is 48.4 Å². The molecule has 0 spiro atoms. The topological polar surface area (TPSA) is 38.8 Å². The highest BCUT2D eigenvalue weighted by Crippen LogP contribution is 2.38. The van der Waals surface area contributed by atoms with Gasteiger partial charge in [-0.25, -0.2) is 0 Å². The molecule has 0 unspecified atom stereocenters. The minimum Gasteiger partial charge on any atom is -0.489 e. The van der Waals surface area contributed by atoms with Crippen LogP contribution in [0.2, 0.25) is 5.02 Å². The number of halogens is 1. The first-order valence-corrected chi connectivity index (χ1v) is 7.15. The Morgan fingerprint density at radius 3 is 2.57 bits per heavy atom. The van der Waals surface area contributed by atoms with Gasteiger partial charge in [-0.05, 0) is 12.1 Å². The van der Waals surface area contributed by atoms with Gasteiger partial charge in [-0.15, -0.1) is 13.2 Å². The number of carbonyl (C=O) groups is 1. The third-order valence-electron chi connectivity index (χ3n) is 3.04. The molecule has 0 bridgehead atoms. The predicted molar refractivity (Wildman–Crippen MR) is 83.4 cm³/mol. The highest BCUT2D eigenvalue weighted by molar-refractivity contribution is 6.32. The van der Waals surface area contributed by atoms with Gasteiger partial charge in [0, 0.05) is 25.1 Å². The first kappa shape index (κ1) is 15.4. The SMILES string of the molecule is C=CCN(CC=C)C(=O)c1cc(Cl)c2c(c1)OCCCO2. The van der Waals surface area contributed by atoms with E-state index in [4.69, 9.17) is 21.1 Å². The smallest absolute Gasteiger partial charge is 0.254 e. The highest BCUT2D eigenvalue weighted by atomic mass is 35.5. The lowest BCUT2D eigenvalue weighted by atomic mass is 10.1. The molecule has 2 rings (SSSR count). The van der Waals surface area contributed by atoms with Crippen LogP contribution >= 0.6 is 11.6 Å². The van der Waals surface area contributed by atoms with E-state index < -0.39 is 0 Å². The predicted octanol–water partition coefficient (Wildman–Crippen LogP) is 3.32. The molecule has 1 heterocycles. The van der Waals surface area contributed by atoms with Crippen molar-refractivity contribution in [2.24, 2.45) is 0 Å². The van der Waals surface area contributed by atoms with Crippen molar-refractivity contribution >= 4 is 17.5 Å². The lowest BCUT2D eigenvalue weighted by Gasteiger charge is -2.20. The molecule has 0 fully saturated rings. The first-order valence-electron chi connectivity index (χ1n) is 6.77. The maximum Gasteiger partial charge on any atom is 0.254 e. The van der Waals surface area contributed by atoms with Crippen LogP contribution in [-0.2, 0) is 0 Å². The second-order valence-corrected chi connectivity index (χ2v) is 5.03. The Balaban J connectivity index is 2.32. The lowest BCUT2D eigenvalue weighted by molar-refractivity contribution is 0.0790. The molecule has 1 aromatic carbocycles. The van der Waals surface area contributed by atoms with Gasteiger partial charge in [0.05, 0.1) is 18.2 Å². The average molecular weight is 308 g/mol. The van der Waals surface area contributed by atoms with Crippen LogP contribution in [0.25, 0.3) is 0 Å². The van der Waals surface area contributed by atoms with E-state index in [2.05, 4.69) is 13.2 Å². The van der Waals surface area contributed by atoms with Crippen molar-refractivity contribution < 1.29 is 14.3 Å². The number of amides is 1. The normalized spacial score (nSPS) is 13.2. The zero-order chi connectivity index (χ0) is 15.2. The summed E-state index contributed by atoms with van der Waals surface area (Å²) in [7, 11) is 0. The minimum atomic E-state index is -0.146. The second kappa shape index (κ2) is 7.18. The number of carbonyl (C=O) groups excluding carboxylic acids is 1. The lowest BCUT2D eigenvalue weighted by Crippen LogP contribution is -2.31. The molecule has 1 amide bonds. The van der Waals surface area contributed by atoms with Crippen LogP contribution in [0.15, 0.2) is 37.4 Å². The van der Waals surface area contributed by atoms with E-state index in [9.17, 15) is 4.79 Å². The van der Waals surface area contributed by atoms with Gasteiger partial charge in [0.2, 0.25) is 0 Å². The Morgan fingerprint density at radius 2 is 1.90 bits per heavy atom. The van der Waals surface area contributed by atoms with E-state index in [0.717, 1.165) is 6.42 Å². The molecular formula is C16H18ClNO3. The third kappa shape index (κ3) is 3.58. The summed E-state index contributed by atoms with van der Waals surface area (Å²) in [6, 6.07) is 3.28. The molecule has 21 heavy (non-hydrogen) atoms. The summed E-state index contributed by atoms with van der Waals surface area (Å²) in [6.45, 7) is 9.30. The fraction of sp³-hybridized carbons (Fsp3) is 0.312. The molecule has 5 heteroatoms. The van der Waals surface area contributed by atoms with Crippen LogP contribution in [0.3, 0.4) is 0 Å². The molecule has 0 saturated carbocycles. The molecule has 0 atom stereocenters. The number of hydrogen-bond acceptors (Lipinski definition) is 3. The molecule has 0 saturated heterocycles. The molecule has 0 radical (unpaired) electrons. The number of rotatable bonds is 5. The standard InChI is InChI=1S/C16H18ClNO3/c1-3-6-18(7-4-2)16(19)12-10-13(17)15-14(11-12)20-8-5-9-21-15/h3-4,10-11H,1-2,5-9H2. The fourth-order valence-electron chi connectivity index (χ4n) is 2.09. The maximum atomic E-state index is 12.5. The number of hydrogen-bond donors (Lipinski definition) is 0. The molecule has 1 aliphatic heterocycles. The van der Waals surface area contributed by atoms with Crippen LogP contribution in [0.1, 0.15) is 16.8 Å². The molecular weight excluding hydrogens is 290 g/mol. The number of ether oxygens (including phenoxy) is 2. The van der Waals surface area contributed by atoms with E-state index in [1.807, 2.05) is 0 Å². The maximum absolute atomic E-state index is 12.5. The molecule has 0 aromatic heterocycles. The van der Waals surface area contributed by atoms with Crippen molar-refractivity contribution in [3.05, 3.63) is 48.0 Å². The molecule has 0 N–H and O–H groups in total. The van der Waals surface area contributed by atoms with Crippen LogP contribution < -0.4 is 9.47 Å². The van der Waals surface area contributed by atoms with Crippen LogP contribution in [0, 0.1) is 0 Å². The minimum absolute atomic E-state index is 0.146. The Kier molecular flexibility index (Phi) is 5.28. The van der Waals surface area contributed by atoms with Crippen molar-refractivity contribution in [1.82, 2.24) is 4.90 Å². The Hall–Kier alpha value is -1.94. The summed E-state index contributed by atoms with van der Waals surface area (Å²) < 4.78 is 11.2. The quantitative estimate of drug-likeness (QED) is 0.783. The summed E-state index contributed by atoms with van der Waals surface area (Å²) in [6.07, 6.45) is 4.13. The van der Waals surface area contributed by atoms with Gasteiger partial charge in [0.15, 0.2) is 11.5 Å². The highest BCUT2D eigenvalue weighted by Gasteiger charge is 2.20. The van der Waals surface area contributed by atoms with Crippen molar-refractivity contribution in [2.75, 3.05) is 26.3 Å². The van der Waals surface area contributed by atoms with E-state index >= 15 is 0 Å². The number of nitrogens with zero attached hydrogens (tertiary/aromatic N) is 1. The largest absolute Gasteiger partial charge is 0.489 e. The van der Waals surface area contributed by atoms with E-state index in [1.165, 1.54) is 0 Å². The van der Waals surface area contributed by atoms with Crippen LogP contribution in [0.4, 0.5) is 0 Å². The number of benzene rings is 1. The van der Waals surface area contributed by atoms with Crippen molar-refractivity contribution in [2.45, 2.75) is 6.42 Å². The molecule has 0 aliphatic carbocycles. The molecule has 1 aromatic rings. The van der Waals surface area contributed by atoms with Gasteiger partial charge in [-0.2, -0.15) is 0 Å². The zero-order valence-electron chi connectivity index (χ0n) is 11.8. The molecule has 112 valence electrons. The average Bonchev–Trinajstić information content (AvgIpc) is 2.72. The van der Waals surface area contributed by atoms with Crippen LogP contribution in [-0.4, -0.2) is 37.1 Å². The van der Waals surface area contributed by atoms with E-state index in [1.54, 1.807) is 29.2 Å². The van der Waals surface area contributed by atoms with Gasteiger partial charge in [-0.3, -0.25) is 4.79 Å². The number of fused-ring (bicyclic) bond motifs is 1. The van der Waals surface area contributed by atoms with Gasteiger partial charge < -0.3 is 14.4 Å². The van der Waals surface area contributed by atoms with Crippen molar-refractivity contribution in [1.29, 1.82) is 0 Å². The zero-order valence-corrected chi connectivity index (χ0v) is 12.6. The first-order chi connectivity index (χ1) is 10.2. The Morgan fingerprint density at radius 1 is 1.24 bits per heavy atom. The van der Waals surface area contributed by atoms with Crippen molar-refractivity contribution in [3.63, 3.8) is 0 Å². The summed E-state index contributed by atoms with van der Waals surface area (Å²) in [5.74, 6) is 0.873. The Bertz CT molecular complexity index is 547. The fourth-order valence-corrected chi connectivity index (χ4v) is 2.35. The summed E-state index contributed by atoms with van der Waals surface area (Å²) in [5.41, 5.74) is 0.466. The van der Waals surface area contributed by atoms with Gasteiger partial charge in [0.1, 0.15) is 0 Å². The summed E-state index contributed by atoms with van der Waals surface area (Å²) in [5, 5.41) is 0.384. The van der Waals surface area contributed by atoms with Crippen LogP contribution in [0.5, 0.6) is 11.5 Å². The van der Waals surface area contributed by atoms with Gasteiger partial charge >= 0.3 is 0 Å². The monoisotopic (exact) mass is 307 g/mol. The third-order valence-corrected chi connectivity index (χ3v) is 3.32.